The molecule has 1 aromatic carbocycles. The van der Waals surface area contributed by atoms with Gasteiger partial charge in [0, 0.05) is 25.7 Å². The van der Waals surface area contributed by atoms with Crippen molar-refractivity contribution in [3.05, 3.63) is 29.6 Å². The molecular weight excluding hydrogens is 205 g/mol. The van der Waals surface area contributed by atoms with Crippen molar-refractivity contribution >= 4 is 5.69 Å². The standard InChI is InChI=1S/C12H14FN3/c1-9-8-15-4-5-16(9)12-3-2-10(7-14)6-11(12)13/h2-3,6,9,15H,4-5,8H2,1H3. The zero-order valence-corrected chi connectivity index (χ0v) is 9.20. The SMILES string of the molecule is CC1CNCCN1c1ccc(C#N)cc1F. The highest BCUT2D eigenvalue weighted by atomic mass is 19.1. The zero-order chi connectivity index (χ0) is 11.5. The van der Waals surface area contributed by atoms with Crippen LogP contribution >= 0.6 is 0 Å². The molecular formula is C12H14FN3. The number of nitriles is 1. The molecule has 2 rings (SSSR count). The fourth-order valence-electron chi connectivity index (χ4n) is 2.01. The van der Waals surface area contributed by atoms with Gasteiger partial charge in [0.15, 0.2) is 0 Å². The summed E-state index contributed by atoms with van der Waals surface area (Å²) in [5, 5.41) is 11.9. The van der Waals surface area contributed by atoms with Gasteiger partial charge < -0.3 is 10.2 Å². The molecule has 4 heteroatoms. The Kier molecular flexibility index (Phi) is 3.07. The highest BCUT2D eigenvalue weighted by Gasteiger charge is 2.20. The second-order valence-electron chi connectivity index (χ2n) is 4.02. The van der Waals surface area contributed by atoms with E-state index in [0.717, 1.165) is 19.6 Å². The van der Waals surface area contributed by atoms with Crippen LogP contribution in [-0.4, -0.2) is 25.7 Å². The Bertz CT molecular complexity index is 425. The molecule has 84 valence electrons. The summed E-state index contributed by atoms with van der Waals surface area (Å²) in [6.07, 6.45) is 0. The molecule has 1 saturated heterocycles. The lowest BCUT2D eigenvalue weighted by Crippen LogP contribution is -2.50. The van der Waals surface area contributed by atoms with Crippen LogP contribution in [0.1, 0.15) is 12.5 Å². The molecule has 3 nitrogen and oxygen atoms in total. The van der Waals surface area contributed by atoms with Crippen molar-refractivity contribution in [1.82, 2.24) is 5.32 Å². The van der Waals surface area contributed by atoms with Gasteiger partial charge in [0.05, 0.1) is 17.3 Å². The number of anilines is 1. The second kappa shape index (κ2) is 4.50. The van der Waals surface area contributed by atoms with Gasteiger partial charge in [-0.3, -0.25) is 0 Å². The van der Waals surface area contributed by atoms with E-state index in [1.807, 2.05) is 11.0 Å². The van der Waals surface area contributed by atoms with Gasteiger partial charge in [-0.05, 0) is 25.1 Å². The molecule has 1 aromatic rings. The van der Waals surface area contributed by atoms with E-state index < -0.39 is 0 Å². The number of rotatable bonds is 1. The van der Waals surface area contributed by atoms with Crippen molar-refractivity contribution in [3.8, 4) is 6.07 Å². The van der Waals surface area contributed by atoms with Crippen LogP contribution in [-0.2, 0) is 0 Å². The first-order chi connectivity index (χ1) is 7.72. The van der Waals surface area contributed by atoms with Gasteiger partial charge in [-0.25, -0.2) is 4.39 Å². The fraction of sp³-hybridized carbons (Fsp3) is 0.417. The minimum Gasteiger partial charge on any atom is -0.364 e. The number of nitrogens with zero attached hydrogens (tertiary/aromatic N) is 2. The molecule has 1 unspecified atom stereocenters. The Hall–Kier alpha value is -1.60. The summed E-state index contributed by atoms with van der Waals surface area (Å²) in [7, 11) is 0. The fourth-order valence-corrected chi connectivity index (χ4v) is 2.01. The summed E-state index contributed by atoms with van der Waals surface area (Å²) in [4.78, 5) is 2.03. The van der Waals surface area contributed by atoms with Crippen LogP contribution in [0.4, 0.5) is 10.1 Å². The smallest absolute Gasteiger partial charge is 0.147 e. The first-order valence-electron chi connectivity index (χ1n) is 5.39. The van der Waals surface area contributed by atoms with Crippen molar-refractivity contribution in [3.63, 3.8) is 0 Å². The average molecular weight is 219 g/mol. The van der Waals surface area contributed by atoms with E-state index in [-0.39, 0.29) is 11.9 Å². The first kappa shape index (κ1) is 10.9. The normalized spacial score (nSPS) is 20.6. The van der Waals surface area contributed by atoms with E-state index in [2.05, 4.69) is 12.2 Å². The third-order valence-corrected chi connectivity index (χ3v) is 2.89. The van der Waals surface area contributed by atoms with Crippen LogP contribution in [0.2, 0.25) is 0 Å². The molecule has 0 saturated carbocycles. The van der Waals surface area contributed by atoms with Gasteiger partial charge in [0.1, 0.15) is 5.82 Å². The molecule has 0 amide bonds. The third-order valence-electron chi connectivity index (χ3n) is 2.89. The van der Waals surface area contributed by atoms with E-state index >= 15 is 0 Å². The van der Waals surface area contributed by atoms with E-state index in [1.165, 1.54) is 6.07 Å². The molecule has 0 aliphatic carbocycles. The molecule has 16 heavy (non-hydrogen) atoms. The lowest BCUT2D eigenvalue weighted by Gasteiger charge is -2.36. The lowest BCUT2D eigenvalue weighted by atomic mass is 10.1. The minimum absolute atomic E-state index is 0.274. The summed E-state index contributed by atoms with van der Waals surface area (Å²) in [6.45, 7) is 4.58. The van der Waals surface area contributed by atoms with Gasteiger partial charge in [-0.15, -0.1) is 0 Å². The van der Waals surface area contributed by atoms with Gasteiger partial charge in [0.2, 0.25) is 0 Å². The molecule has 1 aliphatic rings. The van der Waals surface area contributed by atoms with E-state index in [4.69, 9.17) is 5.26 Å². The largest absolute Gasteiger partial charge is 0.364 e. The third kappa shape index (κ3) is 2.00. The van der Waals surface area contributed by atoms with Gasteiger partial charge in [0.25, 0.3) is 0 Å². The minimum atomic E-state index is -0.312. The zero-order valence-electron chi connectivity index (χ0n) is 9.20. The van der Waals surface area contributed by atoms with Crippen LogP contribution in [0.15, 0.2) is 18.2 Å². The Morgan fingerprint density at radius 2 is 2.38 bits per heavy atom. The number of benzene rings is 1. The maximum Gasteiger partial charge on any atom is 0.147 e. The van der Waals surface area contributed by atoms with Crippen LogP contribution in [0.3, 0.4) is 0 Å². The van der Waals surface area contributed by atoms with Crippen LogP contribution in [0, 0.1) is 17.1 Å². The Balaban J connectivity index is 2.29. The summed E-state index contributed by atoms with van der Waals surface area (Å²) < 4.78 is 13.8. The predicted molar refractivity (Wildman–Crippen MR) is 60.8 cm³/mol. The topological polar surface area (TPSA) is 39.1 Å². The van der Waals surface area contributed by atoms with Gasteiger partial charge in [-0.1, -0.05) is 0 Å². The molecule has 1 fully saturated rings. The Labute approximate surface area is 94.5 Å². The van der Waals surface area contributed by atoms with Crippen molar-refractivity contribution in [1.29, 1.82) is 5.26 Å². The summed E-state index contributed by atoms with van der Waals surface area (Å²) in [5.74, 6) is -0.312. The first-order valence-corrected chi connectivity index (χ1v) is 5.39. The maximum atomic E-state index is 13.8. The van der Waals surface area contributed by atoms with E-state index in [1.54, 1.807) is 12.1 Å². The molecule has 1 atom stereocenters. The van der Waals surface area contributed by atoms with Crippen molar-refractivity contribution in [2.45, 2.75) is 13.0 Å². The second-order valence-corrected chi connectivity index (χ2v) is 4.02. The maximum absolute atomic E-state index is 13.8. The van der Waals surface area contributed by atoms with Crippen LogP contribution in [0.25, 0.3) is 0 Å². The van der Waals surface area contributed by atoms with E-state index in [9.17, 15) is 4.39 Å². The molecule has 0 aromatic heterocycles. The predicted octanol–water partition coefficient (Wildman–Crippen LogP) is 1.50. The quantitative estimate of drug-likeness (QED) is 0.778. The van der Waals surface area contributed by atoms with E-state index in [0.29, 0.717) is 11.3 Å². The Morgan fingerprint density at radius 1 is 1.56 bits per heavy atom. The van der Waals surface area contributed by atoms with Crippen molar-refractivity contribution < 1.29 is 4.39 Å². The van der Waals surface area contributed by atoms with Crippen molar-refractivity contribution in [2.75, 3.05) is 24.5 Å². The van der Waals surface area contributed by atoms with Gasteiger partial charge in [-0.2, -0.15) is 5.26 Å². The van der Waals surface area contributed by atoms with Crippen LogP contribution in [0.5, 0.6) is 0 Å². The van der Waals surface area contributed by atoms with Crippen molar-refractivity contribution in [2.24, 2.45) is 0 Å². The summed E-state index contributed by atoms with van der Waals surface area (Å²) in [5.41, 5.74) is 0.956. The number of nitrogens with one attached hydrogen (secondary N) is 1. The number of halogens is 1. The molecule has 1 aliphatic heterocycles. The molecule has 1 heterocycles. The molecule has 0 radical (unpaired) electrons. The summed E-state index contributed by atoms with van der Waals surface area (Å²) in [6, 6.07) is 6.86. The van der Waals surface area contributed by atoms with Gasteiger partial charge >= 0.3 is 0 Å². The van der Waals surface area contributed by atoms with Crippen LogP contribution < -0.4 is 10.2 Å². The number of piperazine rings is 1. The lowest BCUT2D eigenvalue weighted by molar-refractivity contribution is 0.491. The molecule has 0 bridgehead atoms. The number of hydrogen-bond acceptors (Lipinski definition) is 3. The summed E-state index contributed by atoms with van der Waals surface area (Å²) >= 11 is 0. The highest BCUT2D eigenvalue weighted by molar-refractivity contribution is 5.52. The number of hydrogen-bond donors (Lipinski definition) is 1. The monoisotopic (exact) mass is 219 g/mol. The molecule has 0 spiro atoms. The Morgan fingerprint density at radius 3 is 3.00 bits per heavy atom. The highest BCUT2D eigenvalue weighted by Crippen LogP contribution is 2.23. The average Bonchev–Trinajstić information content (AvgIpc) is 2.30. The molecule has 1 N–H and O–H groups in total.